The van der Waals surface area contributed by atoms with Gasteiger partial charge in [-0.15, -0.1) is 24.0 Å². The molecule has 2 saturated heterocycles. The first-order valence-corrected chi connectivity index (χ1v) is 9.31. The topological polar surface area (TPSA) is 44.9 Å². The number of rotatable bonds is 5. The van der Waals surface area contributed by atoms with Crippen molar-refractivity contribution in [1.82, 2.24) is 9.80 Å². The fourth-order valence-corrected chi connectivity index (χ4v) is 3.39. The second kappa shape index (κ2) is 10.7. The molecule has 136 valence electrons. The number of aliphatic imine (C=N–C) groups is 1. The first-order valence-electron chi connectivity index (χ1n) is 9.31. The summed E-state index contributed by atoms with van der Waals surface area (Å²) in [7, 11) is 0. The lowest BCUT2D eigenvalue weighted by Crippen LogP contribution is -2.43. The standard InChI is InChI=1S/C18H36N4.HI/c1-15(2)4-9-21-10-7-17(8-11-21)14-20-18(19)22-12-5-16(3)6-13-22;/h15-17H,4-14H2,1-3H3,(H2,19,20);1H. The van der Waals surface area contributed by atoms with Crippen molar-refractivity contribution in [2.24, 2.45) is 28.5 Å². The molecular weight excluding hydrogens is 399 g/mol. The molecule has 0 aromatic rings. The summed E-state index contributed by atoms with van der Waals surface area (Å²) in [4.78, 5) is 9.59. The smallest absolute Gasteiger partial charge is 0.191 e. The van der Waals surface area contributed by atoms with Gasteiger partial charge in [-0.1, -0.05) is 20.8 Å². The van der Waals surface area contributed by atoms with E-state index in [0.29, 0.717) is 0 Å². The van der Waals surface area contributed by atoms with Crippen LogP contribution in [0.5, 0.6) is 0 Å². The zero-order chi connectivity index (χ0) is 15.9. The molecule has 0 radical (unpaired) electrons. The van der Waals surface area contributed by atoms with Crippen molar-refractivity contribution in [1.29, 1.82) is 0 Å². The Morgan fingerprint density at radius 1 is 1.09 bits per heavy atom. The number of likely N-dealkylation sites (tertiary alicyclic amines) is 2. The van der Waals surface area contributed by atoms with Gasteiger partial charge in [0, 0.05) is 19.6 Å². The van der Waals surface area contributed by atoms with Crippen LogP contribution in [0.1, 0.15) is 52.9 Å². The highest BCUT2D eigenvalue weighted by Crippen LogP contribution is 2.19. The number of halogens is 1. The van der Waals surface area contributed by atoms with Crippen LogP contribution in [0.15, 0.2) is 4.99 Å². The summed E-state index contributed by atoms with van der Waals surface area (Å²) < 4.78 is 0. The predicted molar refractivity (Wildman–Crippen MR) is 110 cm³/mol. The summed E-state index contributed by atoms with van der Waals surface area (Å²) in [6.45, 7) is 13.8. The van der Waals surface area contributed by atoms with Crippen LogP contribution >= 0.6 is 24.0 Å². The van der Waals surface area contributed by atoms with Gasteiger partial charge in [0.15, 0.2) is 5.96 Å². The van der Waals surface area contributed by atoms with Gasteiger partial charge in [-0.25, -0.2) is 0 Å². The van der Waals surface area contributed by atoms with E-state index in [-0.39, 0.29) is 24.0 Å². The van der Waals surface area contributed by atoms with E-state index < -0.39 is 0 Å². The Kier molecular flexibility index (Phi) is 9.82. The molecule has 0 aliphatic carbocycles. The minimum Gasteiger partial charge on any atom is -0.370 e. The van der Waals surface area contributed by atoms with Gasteiger partial charge in [0.25, 0.3) is 0 Å². The maximum Gasteiger partial charge on any atom is 0.191 e. The first kappa shape index (κ1) is 21.0. The number of piperidine rings is 2. The average Bonchev–Trinajstić information content (AvgIpc) is 2.52. The Morgan fingerprint density at radius 2 is 1.70 bits per heavy atom. The molecule has 2 fully saturated rings. The van der Waals surface area contributed by atoms with Crippen LogP contribution in [0.4, 0.5) is 0 Å². The molecule has 0 saturated carbocycles. The molecule has 2 rings (SSSR count). The van der Waals surface area contributed by atoms with Crippen molar-refractivity contribution >= 4 is 29.9 Å². The van der Waals surface area contributed by atoms with Crippen LogP contribution in [0, 0.1) is 17.8 Å². The summed E-state index contributed by atoms with van der Waals surface area (Å²) in [5, 5.41) is 0. The predicted octanol–water partition coefficient (Wildman–Crippen LogP) is 3.41. The maximum atomic E-state index is 6.18. The molecule has 0 bridgehead atoms. The normalized spacial score (nSPS) is 22.4. The lowest BCUT2D eigenvalue weighted by atomic mass is 9.96. The second-order valence-electron chi connectivity index (χ2n) is 7.84. The summed E-state index contributed by atoms with van der Waals surface area (Å²) in [5.74, 6) is 3.18. The van der Waals surface area contributed by atoms with Gasteiger partial charge in [0.1, 0.15) is 0 Å². The molecule has 0 aromatic heterocycles. The molecule has 0 unspecified atom stereocenters. The quantitative estimate of drug-likeness (QED) is 0.408. The Bertz CT molecular complexity index is 343. The van der Waals surface area contributed by atoms with Gasteiger partial charge in [-0.2, -0.15) is 0 Å². The Morgan fingerprint density at radius 3 is 2.26 bits per heavy atom. The van der Waals surface area contributed by atoms with Crippen LogP contribution in [-0.4, -0.2) is 55.0 Å². The van der Waals surface area contributed by atoms with E-state index in [9.17, 15) is 0 Å². The van der Waals surface area contributed by atoms with E-state index >= 15 is 0 Å². The van der Waals surface area contributed by atoms with Crippen molar-refractivity contribution in [2.75, 3.05) is 39.3 Å². The maximum absolute atomic E-state index is 6.18. The van der Waals surface area contributed by atoms with Crippen LogP contribution in [0.2, 0.25) is 0 Å². The fourth-order valence-electron chi connectivity index (χ4n) is 3.39. The number of guanidine groups is 1. The molecule has 2 aliphatic heterocycles. The van der Waals surface area contributed by atoms with Crippen LogP contribution in [0.3, 0.4) is 0 Å². The van der Waals surface area contributed by atoms with E-state index in [1.165, 1.54) is 51.7 Å². The SMILES string of the molecule is CC(C)CCN1CCC(CN=C(N)N2CCC(C)CC2)CC1.I. The Labute approximate surface area is 160 Å². The van der Waals surface area contributed by atoms with Gasteiger partial charge >= 0.3 is 0 Å². The third kappa shape index (κ3) is 7.59. The highest BCUT2D eigenvalue weighted by atomic mass is 127. The van der Waals surface area contributed by atoms with E-state index in [1.54, 1.807) is 0 Å². The molecule has 0 aromatic carbocycles. The third-order valence-corrected chi connectivity index (χ3v) is 5.35. The zero-order valence-corrected chi connectivity index (χ0v) is 17.7. The number of nitrogens with zero attached hydrogens (tertiary/aromatic N) is 3. The van der Waals surface area contributed by atoms with Crippen LogP contribution in [0.25, 0.3) is 0 Å². The summed E-state index contributed by atoms with van der Waals surface area (Å²) in [6, 6.07) is 0. The number of hydrogen-bond donors (Lipinski definition) is 1. The molecule has 2 N–H and O–H groups in total. The monoisotopic (exact) mass is 436 g/mol. The van der Waals surface area contributed by atoms with Gasteiger partial charge in [-0.3, -0.25) is 4.99 Å². The van der Waals surface area contributed by atoms with Gasteiger partial charge in [-0.05, 0) is 69.5 Å². The summed E-state index contributed by atoms with van der Waals surface area (Å²) >= 11 is 0. The zero-order valence-electron chi connectivity index (χ0n) is 15.3. The molecule has 2 aliphatic rings. The van der Waals surface area contributed by atoms with E-state index in [4.69, 9.17) is 10.7 Å². The van der Waals surface area contributed by atoms with Crippen LogP contribution < -0.4 is 5.73 Å². The average molecular weight is 436 g/mol. The molecule has 0 atom stereocenters. The molecule has 5 heteroatoms. The molecule has 0 amide bonds. The highest BCUT2D eigenvalue weighted by Gasteiger charge is 2.20. The second-order valence-corrected chi connectivity index (χ2v) is 7.84. The summed E-state index contributed by atoms with van der Waals surface area (Å²) in [6.07, 6.45) is 6.40. The van der Waals surface area contributed by atoms with Crippen molar-refractivity contribution in [2.45, 2.75) is 52.9 Å². The molecular formula is C18H37IN4. The highest BCUT2D eigenvalue weighted by molar-refractivity contribution is 14.0. The minimum atomic E-state index is 0. The molecule has 2 heterocycles. The summed E-state index contributed by atoms with van der Waals surface area (Å²) in [5.41, 5.74) is 6.18. The van der Waals surface area contributed by atoms with Crippen molar-refractivity contribution in [3.05, 3.63) is 0 Å². The van der Waals surface area contributed by atoms with Crippen molar-refractivity contribution in [3.8, 4) is 0 Å². The van der Waals surface area contributed by atoms with Crippen molar-refractivity contribution < 1.29 is 0 Å². The number of nitrogens with two attached hydrogens (primary N) is 1. The van der Waals surface area contributed by atoms with E-state index in [1.807, 2.05) is 0 Å². The third-order valence-electron chi connectivity index (χ3n) is 5.35. The number of hydrogen-bond acceptors (Lipinski definition) is 2. The Hall–Kier alpha value is -0.0400. The van der Waals surface area contributed by atoms with E-state index in [0.717, 1.165) is 43.3 Å². The van der Waals surface area contributed by atoms with E-state index in [2.05, 4.69) is 30.6 Å². The first-order chi connectivity index (χ1) is 10.5. The van der Waals surface area contributed by atoms with Crippen LogP contribution in [-0.2, 0) is 0 Å². The molecule has 23 heavy (non-hydrogen) atoms. The molecule has 0 spiro atoms. The van der Waals surface area contributed by atoms with Gasteiger partial charge in [0.2, 0.25) is 0 Å². The minimum absolute atomic E-state index is 0. The lowest BCUT2D eigenvalue weighted by molar-refractivity contribution is 0.179. The largest absolute Gasteiger partial charge is 0.370 e. The fraction of sp³-hybridized carbons (Fsp3) is 0.944. The van der Waals surface area contributed by atoms with Crippen molar-refractivity contribution in [3.63, 3.8) is 0 Å². The lowest BCUT2D eigenvalue weighted by Gasteiger charge is -2.33. The Balaban J connectivity index is 0.00000264. The molecule has 4 nitrogen and oxygen atoms in total. The van der Waals surface area contributed by atoms with Gasteiger partial charge in [0.05, 0.1) is 0 Å². The van der Waals surface area contributed by atoms with Gasteiger partial charge < -0.3 is 15.5 Å².